The van der Waals surface area contributed by atoms with Gasteiger partial charge in [0.1, 0.15) is 17.3 Å². The molecule has 0 radical (unpaired) electrons. The number of amides is 1. The minimum atomic E-state index is -0.256. The summed E-state index contributed by atoms with van der Waals surface area (Å²) < 4.78 is 0. The maximum Gasteiger partial charge on any atom is 0.275 e. The van der Waals surface area contributed by atoms with Crippen molar-refractivity contribution in [3.05, 3.63) is 71.8 Å². The van der Waals surface area contributed by atoms with E-state index in [0.29, 0.717) is 5.69 Å². The molecule has 0 bridgehead atoms. The molecule has 7 heteroatoms. The minimum Gasteiger partial charge on any atom is -0.353 e. The van der Waals surface area contributed by atoms with Gasteiger partial charge in [0.05, 0.1) is 12.4 Å². The van der Waals surface area contributed by atoms with E-state index in [0.717, 1.165) is 54.6 Å². The first-order valence-corrected chi connectivity index (χ1v) is 9.71. The molecule has 1 aromatic carbocycles. The van der Waals surface area contributed by atoms with Crippen LogP contribution in [-0.4, -0.2) is 47.0 Å². The number of pyridine rings is 1. The highest BCUT2D eigenvalue weighted by molar-refractivity contribution is 6.02. The molecular weight excluding hydrogens is 364 g/mol. The molecule has 2 aromatic heterocycles. The molecular formula is C22H24N6O. The Morgan fingerprint density at radius 3 is 2.14 bits per heavy atom. The SMILES string of the molecule is Cc1cc(C)cc(NC(=O)c2cnc(N3CCN(c4ccccn4)CC3)cn2)c1. The number of carbonyl (C=O) groups is 1. The average Bonchev–Trinajstić information content (AvgIpc) is 2.74. The van der Waals surface area contributed by atoms with Gasteiger partial charge < -0.3 is 15.1 Å². The predicted octanol–water partition coefficient (Wildman–Crippen LogP) is 3.07. The highest BCUT2D eigenvalue weighted by Gasteiger charge is 2.19. The summed E-state index contributed by atoms with van der Waals surface area (Å²) in [7, 11) is 0. The first kappa shape index (κ1) is 18.9. The van der Waals surface area contributed by atoms with Gasteiger partial charge in [-0.3, -0.25) is 4.79 Å². The number of anilines is 3. The van der Waals surface area contributed by atoms with Crippen LogP contribution in [0.4, 0.5) is 17.3 Å². The number of hydrogen-bond donors (Lipinski definition) is 1. The molecule has 3 heterocycles. The van der Waals surface area contributed by atoms with Crippen LogP contribution >= 0.6 is 0 Å². The topological polar surface area (TPSA) is 74.2 Å². The average molecular weight is 388 g/mol. The molecule has 1 saturated heterocycles. The van der Waals surface area contributed by atoms with Crippen molar-refractivity contribution < 1.29 is 4.79 Å². The lowest BCUT2D eigenvalue weighted by molar-refractivity contribution is 0.102. The van der Waals surface area contributed by atoms with Crippen LogP contribution in [0.5, 0.6) is 0 Å². The fraction of sp³-hybridized carbons (Fsp3) is 0.273. The molecule has 4 rings (SSSR count). The summed E-state index contributed by atoms with van der Waals surface area (Å²) >= 11 is 0. The van der Waals surface area contributed by atoms with Gasteiger partial charge in [-0.25, -0.2) is 15.0 Å². The second-order valence-corrected chi connectivity index (χ2v) is 7.25. The van der Waals surface area contributed by atoms with E-state index >= 15 is 0 Å². The van der Waals surface area contributed by atoms with Crippen LogP contribution in [0, 0.1) is 13.8 Å². The highest BCUT2D eigenvalue weighted by atomic mass is 16.1. The number of nitrogens with zero attached hydrogens (tertiary/aromatic N) is 5. The monoisotopic (exact) mass is 388 g/mol. The summed E-state index contributed by atoms with van der Waals surface area (Å²) in [5, 5.41) is 2.89. The van der Waals surface area contributed by atoms with E-state index in [2.05, 4.69) is 36.1 Å². The van der Waals surface area contributed by atoms with Crippen LogP contribution in [0.2, 0.25) is 0 Å². The molecule has 0 spiro atoms. The Balaban J connectivity index is 1.37. The Hall–Kier alpha value is -3.48. The van der Waals surface area contributed by atoms with Gasteiger partial charge in [0, 0.05) is 38.1 Å². The van der Waals surface area contributed by atoms with Gasteiger partial charge in [0.15, 0.2) is 0 Å². The quantitative estimate of drug-likeness (QED) is 0.740. The Morgan fingerprint density at radius 2 is 1.55 bits per heavy atom. The summed E-state index contributed by atoms with van der Waals surface area (Å²) in [5.41, 5.74) is 3.28. The summed E-state index contributed by atoms with van der Waals surface area (Å²) in [6.45, 7) is 7.41. The normalized spacial score (nSPS) is 14.0. The lowest BCUT2D eigenvalue weighted by Gasteiger charge is -2.35. The Bertz CT molecular complexity index is 962. The number of benzene rings is 1. The van der Waals surface area contributed by atoms with E-state index in [4.69, 9.17) is 0 Å². The standard InChI is InChI=1S/C22H24N6O/c1-16-11-17(2)13-18(12-16)26-22(29)19-14-25-21(15-24-19)28-9-7-27(8-10-28)20-5-3-4-6-23-20/h3-6,11-15H,7-10H2,1-2H3,(H,26,29). The van der Waals surface area contributed by atoms with Crippen molar-refractivity contribution in [2.24, 2.45) is 0 Å². The smallest absolute Gasteiger partial charge is 0.275 e. The second-order valence-electron chi connectivity index (χ2n) is 7.25. The molecule has 1 aliphatic rings. The second kappa shape index (κ2) is 8.26. The maximum atomic E-state index is 12.5. The number of rotatable bonds is 4. The van der Waals surface area contributed by atoms with E-state index < -0.39 is 0 Å². The Kier molecular flexibility index (Phi) is 5.37. The molecule has 0 unspecified atom stereocenters. The van der Waals surface area contributed by atoms with Crippen molar-refractivity contribution in [2.75, 3.05) is 41.3 Å². The summed E-state index contributed by atoms with van der Waals surface area (Å²) in [6.07, 6.45) is 5.03. The summed E-state index contributed by atoms with van der Waals surface area (Å²) in [6, 6.07) is 11.9. The van der Waals surface area contributed by atoms with Crippen LogP contribution < -0.4 is 15.1 Å². The van der Waals surface area contributed by atoms with Crippen LogP contribution in [-0.2, 0) is 0 Å². The molecule has 0 saturated carbocycles. The summed E-state index contributed by atoms with van der Waals surface area (Å²) in [5.74, 6) is 1.53. The first-order valence-electron chi connectivity index (χ1n) is 9.71. The van der Waals surface area contributed by atoms with Crippen molar-refractivity contribution in [1.82, 2.24) is 15.0 Å². The van der Waals surface area contributed by atoms with Crippen LogP contribution in [0.1, 0.15) is 21.6 Å². The molecule has 0 aliphatic carbocycles. The molecule has 1 N–H and O–H groups in total. The van der Waals surface area contributed by atoms with Crippen LogP contribution in [0.25, 0.3) is 0 Å². The number of hydrogen-bond acceptors (Lipinski definition) is 6. The fourth-order valence-corrected chi connectivity index (χ4v) is 3.55. The lowest BCUT2D eigenvalue weighted by atomic mass is 10.1. The largest absolute Gasteiger partial charge is 0.353 e. The van der Waals surface area contributed by atoms with Crippen LogP contribution in [0.3, 0.4) is 0 Å². The molecule has 0 atom stereocenters. The molecule has 29 heavy (non-hydrogen) atoms. The van der Waals surface area contributed by atoms with Crippen molar-refractivity contribution in [3.8, 4) is 0 Å². The van der Waals surface area contributed by atoms with E-state index in [9.17, 15) is 4.79 Å². The third-order valence-electron chi connectivity index (χ3n) is 4.93. The zero-order chi connectivity index (χ0) is 20.2. The molecule has 148 valence electrons. The molecule has 1 aliphatic heterocycles. The van der Waals surface area contributed by atoms with Crippen molar-refractivity contribution in [1.29, 1.82) is 0 Å². The Morgan fingerprint density at radius 1 is 0.862 bits per heavy atom. The van der Waals surface area contributed by atoms with E-state index in [1.54, 1.807) is 12.4 Å². The fourth-order valence-electron chi connectivity index (χ4n) is 3.55. The number of carbonyl (C=O) groups excluding carboxylic acids is 1. The Labute approximate surface area is 170 Å². The molecule has 3 aromatic rings. The summed E-state index contributed by atoms with van der Waals surface area (Å²) in [4.78, 5) is 30.1. The zero-order valence-corrected chi connectivity index (χ0v) is 16.7. The number of piperazine rings is 1. The van der Waals surface area contributed by atoms with Crippen molar-refractivity contribution in [2.45, 2.75) is 13.8 Å². The van der Waals surface area contributed by atoms with Crippen molar-refractivity contribution in [3.63, 3.8) is 0 Å². The van der Waals surface area contributed by atoms with Gasteiger partial charge in [-0.05, 0) is 49.2 Å². The van der Waals surface area contributed by atoms with E-state index in [-0.39, 0.29) is 5.91 Å². The van der Waals surface area contributed by atoms with E-state index in [1.165, 1.54) is 0 Å². The van der Waals surface area contributed by atoms with Gasteiger partial charge in [-0.1, -0.05) is 12.1 Å². The predicted molar refractivity (Wildman–Crippen MR) is 115 cm³/mol. The maximum absolute atomic E-state index is 12.5. The van der Waals surface area contributed by atoms with Gasteiger partial charge in [0.2, 0.25) is 0 Å². The number of aryl methyl sites for hydroxylation is 2. The first-order chi connectivity index (χ1) is 14.1. The lowest BCUT2D eigenvalue weighted by Crippen LogP contribution is -2.47. The third kappa shape index (κ3) is 4.51. The third-order valence-corrected chi connectivity index (χ3v) is 4.93. The highest BCUT2D eigenvalue weighted by Crippen LogP contribution is 2.18. The van der Waals surface area contributed by atoms with Crippen LogP contribution in [0.15, 0.2) is 55.0 Å². The zero-order valence-electron chi connectivity index (χ0n) is 16.7. The van der Waals surface area contributed by atoms with Gasteiger partial charge >= 0.3 is 0 Å². The van der Waals surface area contributed by atoms with Crippen molar-refractivity contribution >= 4 is 23.2 Å². The van der Waals surface area contributed by atoms with E-state index in [1.807, 2.05) is 50.4 Å². The van der Waals surface area contributed by atoms with Gasteiger partial charge in [0.25, 0.3) is 5.91 Å². The number of aromatic nitrogens is 3. The molecule has 1 amide bonds. The molecule has 1 fully saturated rings. The van der Waals surface area contributed by atoms with Gasteiger partial charge in [-0.15, -0.1) is 0 Å². The molecule has 7 nitrogen and oxygen atoms in total. The van der Waals surface area contributed by atoms with Gasteiger partial charge in [-0.2, -0.15) is 0 Å². The number of nitrogens with one attached hydrogen (secondary N) is 1. The minimum absolute atomic E-state index is 0.256.